The molecule has 3 aromatic rings. The third-order valence-corrected chi connectivity index (χ3v) is 4.47. The number of nitrogens with two attached hydrogens (primary N) is 1. The number of nitrogens with one attached hydrogen (secondary N) is 1. The van der Waals surface area contributed by atoms with Crippen LogP contribution in [-0.2, 0) is 4.74 Å². The van der Waals surface area contributed by atoms with Crippen molar-refractivity contribution in [1.82, 2.24) is 19.5 Å². The summed E-state index contributed by atoms with van der Waals surface area (Å²) in [6.07, 6.45) is -1.20. The maximum Gasteiger partial charge on any atom is 0.256 e. The number of aliphatic hydroxyl groups excluding tert-OH is 2. The fourth-order valence-electron chi connectivity index (χ4n) is 3.05. The summed E-state index contributed by atoms with van der Waals surface area (Å²) in [6.45, 7) is 0.0642. The van der Waals surface area contributed by atoms with Gasteiger partial charge in [0.1, 0.15) is 24.6 Å². The zero-order chi connectivity index (χ0) is 19.0. The largest absolute Gasteiger partial charge is 0.387 e. The first-order valence-corrected chi connectivity index (χ1v) is 8.35. The standard InChI is InChI=1S/C17H18N6O4/c18-6-10-12(24)13(25)17(27-10)23-8-21-11-14(19-7-20-15(11)23)22-16(26)9-4-2-1-3-5-9/h1-5,7-8,10,12-13,17,24-25H,6,18H2,(H,19,20,22,26)/t10-,12?,13?,17-/m1/s1. The SMILES string of the molecule is NC[C@H]1O[C@@H](n2cnc3c(NC(=O)c4ccccc4)ncnc32)C(O)C1O. The van der Waals surface area contributed by atoms with Crippen LogP contribution in [-0.4, -0.2) is 60.5 Å². The molecular formula is C17H18N6O4. The highest BCUT2D eigenvalue weighted by atomic mass is 16.6. The third-order valence-electron chi connectivity index (χ3n) is 4.47. The van der Waals surface area contributed by atoms with E-state index in [4.69, 9.17) is 10.5 Å². The van der Waals surface area contributed by atoms with Gasteiger partial charge in [0.2, 0.25) is 0 Å². The van der Waals surface area contributed by atoms with Crippen molar-refractivity contribution in [3.8, 4) is 0 Å². The van der Waals surface area contributed by atoms with E-state index in [2.05, 4.69) is 20.3 Å². The predicted molar refractivity (Wildman–Crippen MR) is 94.7 cm³/mol. The lowest BCUT2D eigenvalue weighted by Crippen LogP contribution is -2.35. The smallest absolute Gasteiger partial charge is 0.256 e. The van der Waals surface area contributed by atoms with Crippen molar-refractivity contribution in [3.05, 3.63) is 48.5 Å². The molecule has 4 rings (SSSR count). The molecule has 0 bridgehead atoms. The summed E-state index contributed by atoms with van der Waals surface area (Å²) in [6, 6.07) is 8.71. The van der Waals surface area contributed by atoms with Crippen LogP contribution in [0.5, 0.6) is 0 Å². The van der Waals surface area contributed by atoms with Crippen molar-refractivity contribution >= 4 is 22.9 Å². The average molecular weight is 370 g/mol. The van der Waals surface area contributed by atoms with Gasteiger partial charge in [0.15, 0.2) is 23.2 Å². The number of fused-ring (bicyclic) bond motifs is 1. The molecular weight excluding hydrogens is 352 g/mol. The molecule has 0 spiro atoms. The molecule has 2 unspecified atom stereocenters. The Labute approximate surface area is 153 Å². The van der Waals surface area contributed by atoms with Gasteiger partial charge in [-0.25, -0.2) is 15.0 Å². The summed E-state index contributed by atoms with van der Waals surface area (Å²) in [4.78, 5) is 24.9. The first-order valence-electron chi connectivity index (χ1n) is 8.35. The third kappa shape index (κ3) is 3.04. The summed E-state index contributed by atoms with van der Waals surface area (Å²) in [5.74, 6) is -0.100. The van der Waals surface area contributed by atoms with Gasteiger partial charge in [0.25, 0.3) is 5.91 Å². The summed E-state index contributed by atoms with van der Waals surface area (Å²) in [7, 11) is 0. The number of aromatic nitrogens is 4. The van der Waals surface area contributed by atoms with Gasteiger partial charge >= 0.3 is 0 Å². The van der Waals surface area contributed by atoms with Crippen LogP contribution < -0.4 is 11.1 Å². The summed E-state index contributed by atoms with van der Waals surface area (Å²) in [5.41, 5.74) is 6.72. The van der Waals surface area contributed by atoms with Crippen molar-refractivity contribution in [2.24, 2.45) is 5.73 Å². The fourth-order valence-corrected chi connectivity index (χ4v) is 3.05. The molecule has 1 aromatic carbocycles. The Balaban J connectivity index is 1.65. The molecule has 1 fully saturated rings. The van der Waals surface area contributed by atoms with Gasteiger partial charge in [0.05, 0.1) is 6.33 Å². The Morgan fingerprint density at radius 2 is 1.96 bits per heavy atom. The molecule has 3 heterocycles. The number of hydrogen-bond acceptors (Lipinski definition) is 8. The molecule has 1 aliphatic heterocycles. The van der Waals surface area contributed by atoms with E-state index >= 15 is 0 Å². The number of nitrogens with zero attached hydrogens (tertiary/aromatic N) is 4. The molecule has 10 heteroatoms. The van der Waals surface area contributed by atoms with Crippen LogP contribution in [0, 0.1) is 0 Å². The van der Waals surface area contributed by atoms with E-state index in [1.807, 2.05) is 6.07 Å². The quantitative estimate of drug-likeness (QED) is 0.487. The monoisotopic (exact) mass is 370 g/mol. The van der Waals surface area contributed by atoms with Gasteiger partial charge in [-0.15, -0.1) is 0 Å². The Bertz CT molecular complexity index is 962. The number of rotatable bonds is 4. The topological polar surface area (TPSA) is 148 Å². The number of hydrogen-bond donors (Lipinski definition) is 4. The number of imidazole rings is 1. The number of anilines is 1. The van der Waals surface area contributed by atoms with Gasteiger partial charge in [-0.3, -0.25) is 9.36 Å². The Morgan fingerprint density at radius 3 is 2.67 bits per heavy atom. The van der Waals surface area contributed by atoms with Gasteiger partial charge < -0.3 is 26.0 Å². The van der Waals surface area contributed by atoms with Crippen LogP contribution >= 0.6 is 0 Å². The molecule has 4 atom stereocenters. The van der Waals surface area contributed by atoms with E-state index in [-0.39, 0.29) is 18.3 Å². The van der Waals surface area contributed by atoms with E-state index < -0.39 is 24.5 Å². The van der Waals surface area contributed by atoms with Gasteiger partial charge in [-0.05, 0) is 12.1 Å². The summed E-state index contributed by atoms with van der Waals surface area (Å²) in [5, 5.41) is 23.0. The number of amides is 1. The molecule has 27 heavy (non-hydrogen) atoms. The highest BCUT2D eigenvalue weighted by Crippen LogP contribution is 2.31. The lowest BCUT2D eigenvalue weighted by molar-refractivity contribution is -0.0322. The Morgan fingerprint density at radius 1 is 1.19 bits per heavy atom. The summed E-state index contributed by atoms with van der Waals surface area (Å²) < 4.78 is 7.11. The van der Waals surface area contributed by atoms with E-state index in [0.29, 0.717) is 16.7 Å². The second kappa shape index (κ2) is 7.00. The van der Waals surface area contributed by atoms with Crippen molar-refractivity contribution < 1.29 is 19.7 Å². The number of carbonyl (C=O) groups is 1. The lowest BCUT2D eigenvalue weighted by atomic mass is 10.1. The van der Waals surface area contributed by atoms with Crippen LogP contribution in [0.2, 0.25) is 0 Å². The fraction of sp³-hybridized carbons (Fsp3) is 0.294. The number of carbonyl (C=O) groups excluding carboxylic acids is 1. The Kier molecular flexibility index (Phi) is 4.54. The van der Waals surface area contributed by atoms with Crippen LogP contribution in [0.25, 0.3) is 11.2 Å². The molecule has 0 aliphatic carbocycles. The normalized spacial score (nSPS) is 25.0. The molecule has 5 N–H and O–H groups in total. The molecule has 1 saturated heterocycles. The van der Waals surface area contributed by atoms with Crippen molar-refractivity contribution in [1.29, 1.82) is 0 Å². The van der Waals surface area contributed by atoms with E-state index in [1.54, 1.807) is 24.3 Å². The number of benzene rings is 1. The van der Waals surface area contributed by atoms with E-state index in [1.165, 1.54) is 17.2 Å². The second-order valence-corrected chi connectivity index (χ2v) is 6.15. The van der Waals surface area contributed by atoms with Crippen molar-refractivity contribution in [2.75, 3.05) is 11.9 Å². The van der Waals surface area contributed by atoms with Gasteiger partial charge in [0, 0.05) is 12.1 Å². The molecule has 1 aliphatic rings. The highest BCUT2D eigenvalue weighted by molar-refractivity contribution is 6.06. The van der Waals surface area contributed by atoms with Crippen LogP contribution in [0.15, 0.2) is 43.0 Å². The average Bonchev–Trinajstić information content (AvgIpc) is 3.25. The van der Waals surface area contributed by atoms with Gasteiger partial charge in [-0.1, -0.05) is 18.2 Å². The minimum atomic E-state index is -1.19. The summed E-state index contributed by atoms with van der Waals surface area (Å²) >= 11 is 0. The van der Waals surface area contributed by atoms with Crippen LogP contribution in [0.3, 0.4) is 0 Å². The maximum absolute atomic E-state index is 12.4. The lowest BCUT2D eigenvalue weighted by Gasteiger charge is -2.16. The predicted octanol–water partition coefficient (Wildman–Crippen LogP) is -0.344. The van der Waals surface area contributed by atoms with Crippen LogP contribution in [0.4, 0.5) is 5.82 Å². The zero-order valence-electron chi connectivity index (χ0n) is 14.1. The molecule has 1 amide bonds. The number of aliphatic hydroxyl groups is 2. The molecule has 0 radical (unpaired) electrons. The van der Waals surface area contributed by atoms with Gasteiger partial charge in [-0.2, -0.15) is 0 Å². The second-order valence-electron chi connectivity index (χ2n) is 6.15. The molecule has 2 aromatic heterocycles. The minimum Gasteiger partial charge on any atom is -0.387 e. The van der Waals surface area contributed by atoms with Crippen LogP contribution in [0.1, 0.15) is 16.6 Å². The Hall–Kier alpha value is -2.92. The highest BCUT2D eigenvalue weighted by Gasteiger charge is 2.43. The van der Waals surface area contributed by atoms with Crippen molar-refractivity contribution in [2.45, 2.75) is 24.5 Å². The molecule has 140 valence electrons. The van der Waals surface area contributed by atoms with E-state index in [9.17, 15) is 15.0 Å². The molecule has 10 nitrogen and oxygen atoms in total. The zero-order valence-corrected chi connectivity index (χ0v) is 14.1. The van der Waals surface area contributed by atoms with Crippen molar-refractivity contribution in [3.63, 3.8) is 0 Å². The minimum absolute atomic E-state index is 0.0642. The number of ether oxygens (including phenoxy) is 1. The first kappa shape index (κ1) is 17.5. The van der Waals surface area contributed by atoms with E-state index in [0.717, 1.165) is 0 Å². The maximum atomic E-state index is 12.4. The molecule has 0 saturated carbocycles. The first-order chi connectivity index (χ1) is 13.1.